The Morgan fingerprint density at radius 1 is 0.900 bits per heavy atom. The molecule has 2 nitrogen and oxygen atoms in total. The molecule has 0 fully saturated rings. The molecule has 0 amide bonds. The smallest absolute Gasteiger partial charge is 0.121 e. The molecule has 2 aromatic carbocycles. The van der Waals surface area contributed by atoms with Crippen LogP contribution in [-0.4, -0.2) is 11.2 Å². The molecule has 0 bridgehead atoms. The molecule has 0 spiro atoms. The summed E-state index contributed by atoms with van der Waals surface area (Å²) >= 11 is 0. The van der Waals surface area contributed by atoms with Gasteiger partial charge in [-0.25, -0.2) is 0 Å². The van der Waals surface area contributed by atoms with E-state index in [1.54, 1.807) is 0 Å². The van der Waals surface area contributed by atoms with Gasteiger partial charge < -0.3 is 9.30 Å². The molecule has 0 atom stereocenters. The van der Waals surface area contributed by atoms with E-state index in [1.165, 1.54) is 21.8 Å². The predicted molar refractivity (Wildman–Crippen MR) is 85.5 cm³/mol. The van der Waals surface area contributed by atoms with Crippen molar-refractivity contribution in [3.63, 3.8) is 0 Å². The maximum absolute atomic E-state index is 5.78. The van der Waals surface area contributed by atoms with Gasteiger partial charge in [0.1, 0.15) is 5.75 Å². The summed E-state index contributed by atoms with van der Waals surface area (Å²) < 4.78 is 8.19. The molecule has 0 N–H and O–H groups in total. The van der Waals surface area contributed by atoms with Crippen LogP contribution in [0, 0.1) is 0 Å². The molecule has 104 valence electrons. The minimum Gasteiger partial charge on any atom is -0.494 e. The standard InChI is InChI=1S/C18H21NO/c1-3-11-19-17-8-6-5-7-15(17)16-10-9-14(13-18(16)19)20-12-4-2/h5-10,13H,3-4,11-12H2,1-2H3. The fourth-order valence-corrected chi connectivity index (χ4v) is 2.80. The van der Waals surface area contributed by atoms with Crippen LogP contribution in [0.2, 0.25) is 0 Å². The van der Waals surface area contributed by atoms with E-state index >= 15 is 0 Å². The van der Waals surface area contributed by atoms with E-state index in [9.17, 15) is 0 Å². The molecule has 0 aliphatic rings. The predicted octanol–water partition coefficient (Wildman–Crippen LogP) is 4.99. The fraction of sp³-hybridized carbons (Fsp3) is 0.333. The average molecular weight is 267 g/mol. The van der Waals surface area contributed by atoms with Gasteiger partial charge in [-0.05, 0) is 31.0 Å². The molecular formula is C18H21NO. The van der Waals surface area contributed by atoms with Crippen LogP contribution < -0.4 is 4.74 Å². The first kappa shape index (κ1) is 13.0. The first-order valence-corrected chi connectivity index (χ1v) is 7.49. The lowest BCUT2D eigenvalue weighted by Crippen LogP contribution is -1.97. The van der Waals surface area contributed by atoms with Crippen molar-refractivity contribution in [3.8, 4) is 5.75 Å². The lowest BCUT2D eigenvalue weighted by atomic mass is 10.1. The number of hydrogen-bond acceptors (Lipinski definition) is 1. The van der Waals surface area contributed by atoms with Crippen LogP contribution >= 0.6 is 0 Å². The van der Waals surface area contributed by atoms with Gasteiger partial charge in [-0.1, -0.05) is 32.0 Å². The Kier molecular flexibility index (Phi) is 3.64. The van der Waals surface area contributed by atoms with Crippen molar-refractivity contribution in [2.45, 2.75) is 33.2 Å². The molecule has 1 heterocycles. The molecule has 2 heteroatoms. The number of rotatable bonds is 5. The second-order valence-corrected chi connectivity index (χ2v) is 5.20. The van der Waals surface area contributed by atoms with Gasteiger partial charge in [-0.2, -0.15) is 0 Å². The molecule has 0 saturated heterocycles. The summed E-state index contributed by atoms with van der Waals surface area (Å²) in [7, 11) is 0. The van der Waals surface area contributed by atoms with Crippen molar-refractivity contribution in [1.29, 1.82) is 0 Å². The van der Waals surface area contributed by atoms with Crippen molar-refractivity contribution in [3.05, 3.63) is 42.5 Å². The molecule has 0 unspecified atom stereocenters. The summed E-state index contributed by atoms with van der Waals surface area (Å²) in [6.07, 6.45) is 2.17. The Labute approximate surface area is 120 Å². The van der Waals surface area contributed by atoms with Crippen LogP contribution in [0.15, 0.2) is 42.5 Å². The zero-order chi connectivity index (χ0) is 13.9. The van der Waals surface area contributed by atoms with Crippen molar-refractivity contribution in [2.75, 3.05) is 6.61 Å². The first-order chi connectivity index (χ1) is 9.85. The van der Waals surface area contributed by atoms with Crippen molar-refractivity contribution in [1.82, 2.24) is 4.57 Å². The number of para-hydroxylation sites is 1. The highest BCUT2D eigenvalue weighted by Gasteiger charge is 2.10. The monoisotopic (exact) mass is 267 g/mol. The summed E-state index contributed by atoms with van der Waals surface area (Å²) in [6, 6.07) is 15.1. The lowest BCUT2D eigenvalue weighted by molar-refractivity contribution is 0.318. The topological polar surface area (TPSA) is 14.2 Å². The maximum Gasteiger partial charge on any atom is 0.121 e. The van der Waals surface area contributed by atoms with Crippen molar-refractivity contribution < 1.29 is 4.74 Å². The normalized spacial score (nSPS) is 11.3. The number of ether oxygens (including phenoxy) is 1. The molecule has 0 aliphatic heterocycles. The van der Waals surface area contributed by atoms with E-state index in [2.05, 4.69) is 60.9 Å². The average Bonchev–Trinajstić information content (AvgIpc) is 2.80. The highest BCUT2D eigenvalue weighted by Crippen LogP contribution is 2.31. The van der Waals surface area contributed by atoms with Gasteiger partial charge in [0.25, 0.3) is 0 Å². The first-order valence-electron chi connectivity index (χ1n) is 7.49. The molecule has 3 rings (SSSR count). The highest BCUT2D eigenvalue weighted by molar-refractivity contribution is 6.08. The Hall–Kier alpha value is -1.96. The van der Waals surface area contributed by atoms with E-state index in [4.69, 9.17) is 4.74 Å². The Morgan fingerprint density at radius 2 is 1.70 bits per heavy atom. The third-order valence-electron chi connectivity index (χ3n) is 3.67. The van der Waals surface area contributed by atoms with Gasteiger partial charge in [0.15, 0.2) is 0 Å². The number of aryl methyl sites for hydroxylation is 1. The number of hydrogen-bond donors (Lipinski definition) is 0. The van der Waals surface area contributed by atoms with Gasteiger partial charge >= 0.3 is 0 Å². The van der Waals surface area contributed by atoms with Crippen LogP contribution in [0.1, 0.15) is 26.7 Å². The molecule has 0 saturated carbocycles. The van der Waals surface area contributed by atoms with E-state index in [-0.39, 0.29) is 0 Å². The summed E-state index contributed by atoms with van der Waals surface area (Å²) in [5, 5.41) is 2.65. The van der Waals surface area contributed by atoms with Gasteiger partial charge in [0, 0.05) is 28.9 Å². The quantitative estimate of drug-likeness (QED) is 0.635. The van der Waals surface area contributed by atoms with Gasteiger partial charge in [-0.3, -0.25) is 0 Å². The largest absolute Gasteiger partial charge is 0.494 e. The van der Waals surface area contributed by atoms with Crippen molar-refractivity contribution in [2.24, 2.45) is 0 Å². The SMILES string of the molecule is CCCOc1ccc2c3ccccc3n(CCC)c2c1. The van der Waals surface area contributed by atoms with Gasteiger partial charge in [-0.15, -0.1) is 0 Å². The van der Waals surface area contributed by atoms with E-state index < -0.39 is 0 Å². The molecule has 1 aromatic heterocycles. The Morgan fingerprint density at radius 3 is 2.50 bits per heavy atom. The third kappa shape index (κ3) is 2.15. The van der Waals surface area contributed by atoms with E-state index in [0.29, 0.717) is 0 Å². The summed E-state index contributed by atoms with van der Waals surface area (Å²) in [5.41, 5.74) is 2.60. The Balaban J connectivity index is 2.21. The number of benzene rings is 2. The van der Waals surface area contributed by atoms with Gasteiger partial charge in [0.2, 0.25) is 0 Å². The van der Waals surface area contributed by atoms with Crippen LogP contribution in [0.5, 0.6) is 5.75 Å². The number of fused-ring (bicyclic) bond motifs is 3. The summed E-state index contributed by atoms with van der Waals surface area (Å²) in [5.74, 6) is 0.972. The highest BCUT2D eigenvalue weighted by atomic mass is 16.5. The van der Waals surface area contributed by atoms with Crippen LogP contribution in [-0.2, 0) is 6.54 Å². The molecule has 20 heavy (non-hydrogen) atoms. The minimum absolute atomic E-state index is 0.777. The molecule has 0 aliphatic carbocycles. The maximum atomic E-state index is 5.78. The molecular weight excluding hydrogens is 246 g/mol. The molecule has 0 radical (unpaired) electrons. The molecule has 3 aromatic rings. The summed E-state index contributed by atoms with van der Waals surface area (Å²) in [6.45, 7) is 6.17. The second-order valence-electron chi connectivity index (χ2n) is 5.20. The number of aromatic nitrogens is 1. The van der Waals surface area contributed by atoms with Crippen LogP contribution in [0.25, 0.3) is 21.8 Å². The van der Waals surface area contributed by atoms with Gasteiger partial charge in [0.05, 0.1) is 12.1 Å². The van der Waals surface area contributed by atoms with Crippen LogP contribution in [0.3, 0.4) is 0 Å². The zero-order valence-corrected chi connectivity index (χ0v) is 12.2. The fourth-order valence-electron chi connectivity index (χ4n) is 2.80. The van der Waals surface area contributed by atoms with Crippen molar-refractivity contribution >= 4 is 21.8 Å². The minimum atomic E-state index is 0.777. The Bertz CT molecular complexity index is 727. The second kappa shape index (κ2) is 5.58. The zero-order valence-electron chi connectivity index (χ0n) is 12.2. The van der Waals surface area contributed by atoms with E-state index in [1.807, 2.05) is 0 Å². The summed E-state index contributed by atoms with van der Waals surface area (Å²) in [4.78, 5) is 0. The lowest BCUT2D eigenvalue weighted by Gasteiger charge is -2.07. The van der Waals surface area contributed by atoms with E-state index in [0.717, 1.165) is 31.7 Å². The van der Waals surface area contributed by atoms with Crippen LogP contribution in [0.4, 0.5) is 0 Å². The third-order valence-corrected chi connectivity index (χ3v) is 3.67. The number of nitrogens with zero attached hydrogens (tertiary/aromatic N) is 1.